The highest BCUT2D eigenvalue weighted by Crippen LogP contribution is 2.43. The van der Waals surface area contributed by atoms with Gasteiger partial charge in [-0.3, -0.25) is 19.5 Å². The Labute approximate surface area is 148 Å². The number of aryl methyl sites for hydroxylation is 1. The molecule has 1 amide bonds. The van der Waals surface area contributed by atoms with E-state index in [-0.39, 0.29) is 17.4 Å². The van der Waals surface area contributed by atoms with Gasteiger partial charge in [-0.2, -0.15) is 0 Å². The van der Waals surface area contributed by atoms with Gasteiger partial charge in [0, 0.05) is 32.0 Å². The van der Waals surface area contributed by atoms with Gasteiger partial charge in [0.15, 0.2) is 0 Å². The number of carboxylic acids is 1. The fourth-order valence-electron chi connectivity index (χ4n) is 4.31. The number of piperidine rings is 1. The van der Waals surface area contributed by atoms with E-state index in [2.05, 4.69) is 16.8 Å². The predicted octanol–water partition coefficient (Wildman–Crippen LogP) is 2.18. The van der Waals surface area contributed by atoms with E-state index in [0.29, 0.717) is 25.1 Å². The molecular weight excluding hydrogens is 318 g/mol. The van der Waals surface area contributed by atoms with Crippen molar-refractivity contribution in [1.82, 2.24) is 14.8 Å². The number of carboxylic acid groups (broad SMARTS) is 1. The van der Waals surface area contributed by atoms with Crippen LogP contribution in [-0.2, 0) is 4.79 Å². The van der Waals surface area contributed by atoms with Crippen molar-refractivity contribution in [3.63, 3.8) is 0 Å². The highest BCUT2D eigenvalue weighted by molar-refractivity contribution is 5.94. The topological polar surface area (TPSA) is 73.7 Å². The summed E-state index contributed by atoms with van der Waals surface area (Å²) in [4.78, 5) is 32.4. The first-order chi connectivity index (χ1) is 11.9. The summed E-state index contributed by atoms with van der Waals surface area (Å²) in [7, 11) is 0. The molecule has 2 aliphatic heterocycles. The number of pyridine rings is 1. The van der Waals surface area contributed by atoms with Crippen LogP contribution in [0.1, 0.15) is 48.5 Å². The van der Waals surface area contributed by atoms with Crippen molar-refractivity contribution in [2.75, 3.05) is 26.2 Å². The molecule has 136 valence electrons. The predicted molar refractivity (Wildman–Crippen MR) is 94.4 cm³/mol. The molecule has 1 N–H and O–H groups in total. The number of aromatic nitrogens is 1. The van der Waals surface area contributed by atoms with Crippen molar-refractivity contribution in [1.29, 1.82) is 0 Å². The van der Waals surface area contributed by atoms with Gasteiger partial charge >= 0.3 is 5.97 Å². The van der Waals surface area contributed by atoms with E-state index in [4.69, 9.17) is 0 Å². The van der Waals surface area contributed by atoms with Gasteiger partial charge in [0.25, 0.3) is 5.91 Å². The monoisotopic (exact) mass is 345 g/mol. The Kier molecular flexibility index (Phi) is 5.08. The Morgan fingerprint density at radius 1 is 1.32 bits per heavy atom. The summed E-state index contributed by atoms with van der Waals surface area (Å²) < 4.78 is 0. The molecule has 0 aromatic carbocycles. The number of nitrogens with zero attached hydrogens (tertiary/aromatic N) is 3. The van der Waals surface area contributed by atoms with Gasteiger partial charge in [0.2, 0.25) is 0 Å². The SMILES string of the molecule is CCCN1CC2(CCN(C(=O)c3cncc(C)c3)CC2)C[C@@H]1C(=O)O. The van der Waals surface area contributed by atoms with Crippen molar-refractivity contribution in [3.8, 4) is 0 Å². The fourth-order valence-corrected chi connectivity index (χ4v) is 4.31. The Morgan fingerprint density at radius 3 is 2.64 bits per heavy atom. The molecule has 1 aromatic heterocycles. The van der Waals surface area contributed by atoms with Crippen LogP contribution in [0.5, 0.6) is 0 Å². The normalized spacial score (nSPS) is 23.1. The average Bonchev–Trinajstić information content (AvgIpc) is 2.94. The molecule has 2 aliphatic rings. The molecule has 1 aromatic rings. The Balaban J connectivity index is 1.65. The number of hydrogen-bond donors (Lipinski definition) is 1. The molecule has 1 spiro atoms. The zero-order chi connectivity index (χ0) is 18.0. The van der Waals surface area contributed by atoms with Gasteiger partial charge in [0.1, 0.15) is 6.04 Å². The van der Waals surface area contributed by atoms with Gasteiger partial charge in [-0.05, 0) is 56.2 Å². The number of aliphatic carboxylic acids is 1. The average molecular weight is 345 g/mol. The molecule has 1 atom stereocenters. The highest BCUT2D eigenvalue weighted by Gasteiger charge is 2.48. The van der Waals surface area contributed by atoms with E-state index >= 15 is 0 Å². The minimum atomic E-state index is -0.713. The summed E-state index contributed by atoms with van der Waals surface area (Å²) in [5, 5.41) is 9.53. The summed E-state index contributed by atoms with van der Waals surface area (Å²) in [6.07, 6.45) is 6.79. The molecule has 6 nitrogen and oxygen atoms in total. The molecule has 3 rings (SSSR count). The number of rotatable bonds is 4. The third kappa shape index (κ3) is 3.68. The third-order valence-corrected chi connectivity index (χ3v) is 5.63. The summed E-state index contributed by atoms with van der Waals surface area (Å²) in [5.74, 6) is -0.682. The Morgan fingerprint density at radius 2 is 2.04 bits per heavy atom. The second-order valence-corrected chi connectivity index (χ2v) is 7.57. The molecule has 6 heteroatoms. The van der Waals surface area contributed by atoms with Crippen LogP contribution in [0.3, 0.4) is 0 Å². The molecule has 0 aliphatic carbocycles. The molecule has 0 bridgehead atoms. The van der Waals surface area contributed by atoms with Crippen molar-refractivity contribution in [2.45, 2.75) is 45.6 Å². The first kappa shape index (κ1) is 17.9. The fraction of sp³-hybridized carbons (Fsp3) is 0.632. The van der Waals surface area contributed by atoms with Crippen LogP contribution in [0.15, 0.2) is 18.5 Å². The molecule has 0 unspecified atom stereocenters. The first-order valence-electron chi connectivity index (χ1n) is 9.12. The van der Waals surface area contributed by atoms with Crippen LogP contribution in [0, 0.1) is 12.3 Å². The second-order valence-electron chi connectivity index (χ2n) is 7.57. The maximum atomic E-state index is 12.7. The van der Waals surface area contributed by atoms with E-state index in [0.717, 1.165) is 37.9 Å². The van der Waals surface area contributed by atoms with Gasteiger partial charge in [-0.25, -0.2) is 0 Å². The van der Waals surface area contributed by atoms with Gasteiger partial charge < -0.3 is 10.0 Å². The van der Waals surface area contributed by atoms with Crippen molar-refractivity contribution < 1.29 is 14.7 Å². The third-order valence-electron chi connectivity index (χ3n) is 5.63. The molecule has 0 radical (unpaired) electrons. The number of carbonyl (C=O) groups is 2. The van der Waals surface area contributed by atoms with Crippen LogP contribution in [0.25, 0.3) is 0 Å². The summed E-state index contributed by atoms with van der Waals surface area (Å²) in [6, 6.07) is 1.50. The Hall–Kier alpha value is -1.95. The lowest BCUT2D eigenvalue weighted by molar-refractivity contribution is -0.142. The summed E-state index contributed by atoms with van der Waals surface area (Å²) in [5.41, 5.74) is 1.66. The van der Waals surface area contributed by atoms with Gasteiger partial charge in [0.05, 0.1) is 5.56 Å². The van der Waals surface area contributed by atoms with Crippen molar-refractivity contribution in [3.05, 3.63) is 29.6 Å². The van der Waals surface area contributed by atoms with Crippen molar-refractivity contribution >= 4 is 11.9 Å². The highest BCUT2D eigenvalue weighted by atomic mass is 16.4. The van der Waals surface area contributed by atoms with E-state index in [9.17, 15) is 14.7 Å². The first-order valence-corrected chi connectivity index (χ1v) is 9.12. The minimum Gasteiger partial charge on any atom is -0.480 e. The molecule has 25 heavy (non-hydrogen) atoms. The minimum absolute atomic E-state index is 0.0317. The van der Waals surface area contributed by atoms with Crippen LogP contribution >= 0.6 is 0 Å². The van der Waals surface area contributed by atoms with E-state index in [1.807, 2.05) is 17.9 Å². The summed E-state index contributed by atoms with van der Waals surface area (Å²) in [6.45, 7) is 7.07. The van der Waals surface area contributed by atoms with Gasteiger partial charge in [-0.1, -0.05) is 6.92 Å². The maximum Gasteiger partial charge on any atom is 0.320 e. The van der Waals surface area contributed by atoms with Crippen LogP contribution in [0.4, 0.5) is 0 Å². The molecule has 0 saturated carbocycles. The van der Waals surface area contributed by atoms with Crippen LogP contribution in [0.2, 0.25) is 0 Å². The molecular formula is C19H27N3O3. The van der Waals surface area contributed by atoms with Crippen LogP contribution in [-0.4, -0.2) is 64.0 Å². The lowest BCUT2D eigenvalue weighted by atomic mass is 9.76. The molecule has 3 heterocycles. The van der Waals surface area contributed by atoms with E-state index < -0.39 is 5.97 Å². The standard InChI is InChI=1S/C19H27N3O3/c1-3-6-22-13-19(10-16(22)18(24)25)4-7-21(8-5-19)17(23)15-9-14(2)11-20-12-15/h9,11-12,16H,3-8,10,13H2,1-2H3,(H,24,25)/t16-/m1/s1. The quantitative estimate of drug-likeness (QED) is 0.905. The molecule has 2 saturated heterocycles. The smallest absolute Gasteiger partial charge is 0.320 e. The number of hydrogen-bond acceptors (Lipinski definition) is 4. The van der Waals surface area contributed by atoms with E-state index in [1.165, 1.54) is 0 Å². The lowest BCUT2D eigenvalue weighted by Gasteiger charge is -2.39. The maximum absolute atomic E-state index is 12.7. The largest absolute Gasteiger partial charge is 0.480 e. The van der Waals surface area contributed by atoms with Crippen LogP contribution < -0.4 is 0 Å². The number of carbonyl (C=O) groups excluding carboxylic acids is 1. The van der Waals surface area contributed by atoms with Gasteiger partial charge in [-0.15, -0.1) is 0 Å². The second kappa shape index (κ2) is 7.12. The summed E-state index contributed by atoms with van der Waals surface area (Å²) >= 11 is 0. The van der Waals surface area contributed by atoms with Crippen molar-refractivity contribution in [2.24, 2.45) is 5.41 Å². The van der Waals surface area contributed by atoms with E-state index in [1.54, 1.807) is 12.4 Å². The number of likely N-dealkylation sites (tertiary alicyclic amines) is 2. The number of amides is 1. The lowest BCUT2D eigenvalue weighted by Crippen LogP contribution is -2.44. The molecule has 2 fully saturated rings. The Bertz CT molecular complexity index is 653. The zero-order valence-electron chi connectivity index (χ0n) is 15.1. The zero-order valence-corrected chi connectivity index (χ0v) is 15.1.